The largest absolute Gasteiger partial charge is 0.451 e. The van der Waals surface area contributed by atoms with Gasteiger partial charge in [0.15, 0.2) is 5.76 Å². The third kappa shape index (κ3) is 3.27. The van der Waals surface area contributed by atoms with Gasteiger partial charge in [0, 0.05) is 22.7 Å². The van der Waals surface area contributed by atoms with Gasteiger partial charge in [0.2, 0.25) is 0 Å². The molecular weight excluding hydrogens is 306 g/mol. The van der Waals surface area contributed by atoms with Crippen LogP contribution in [0.25, 0.3) is 11.0 Å². The van der Waals surface area contributed by atoms with Gasteiger partial charge in [-0.25, -0.2) is 0 Å². The first-order chi connectivity index (χ1) is 11.1. The molecule has 1 N–H and O–H groups in total. The highest BCUT2D eigenvalue weighted by Crippen LogP contribution is 2.31. The average Bonchev–Trinajstić information content (AvgIpc) is 2.91. The van der Waals surface area contributed by atoms with Crippen molar-refractivity contribution >= 4 is 28.6 Å². The molecule has 1 heterocycles. The molecule has 0 aliphatic heterocycles. The first-order valence-electron chi connectivity index (χ1n) is 8.42. The maximum absolute atomic E-state index is 12.8. The summed E-state index contributed by atoms with van der Waals surface area (Å²) in [6, 6.07) is 8.16. The highest BCUT2D eigenvalue weighted by molar-refractivity contribution is 7.97. The Hall–Kier alpha value is -1.42. The molecule has 1 aromatic heterocycles. The molecular formula is C19H25NO2S. The first kappa shape index (κ1) is 16.4. The number of carbonyl (C=O) groups excluding carboxylic acids is 1. The molecule has 3 nitrogen and oxygen atoms in total. The van der Waals surface area contributed by atoms with E-state index in [1.165, 1.54) is 12.8 Å². The molecule has 0 saturated heterocycles. The number of furan rings is 1. The van der Waals surface area contributed by atoms with E-state index in [1.54, 1.807) is 11.8 Å². The number of carbonyl (C=O) groups is 1. The number of thioether (sulfide) groups is 1. The van der Waals surface area contributed by atoms with Crippen molar-refractivity contribution in [3.8, 4) is 0 Å². The van der Waals surface area contributed by atoms with E-state index in [1.807, 2.05) is 30.5 Å². The summed E-state index contributed by atoms with van der Waals surface area (Å²) in [5, 5.41) is 4.29. The number of hydrogen-bond acceptors (Lipinski definition) is 3. The van der Waals surface area contributed by atoms with Crippen LogP contribution in [0.3, 0.4) is 0 Å². The normalized spacial score (nSPS) is 24.7. The molecule has 1 aliphatic carbocycles. The topological polar surface area (TPSA) is 42.2 Å². The molecule has 1 amide bonds. The molecule has 3 unspecified atom stereocenters. The van der Waals surface area contributed by atoms with Crippen LogP contribution in [0.1, 0.15) is 49.2 Å². The number of para-hydroxylation sites is 1. The molecule has 4 heteroatoms. The molecule has 1 saturated carbocycles. The van der Waals surface area contributed by atoms with Gasteiger partial charge in [-0.2, -0.15) is 11.8 Å². The lowest BCUT2D eigenvalue weighted by atomic mass is 9.78. The van der Waals surface area contributed by atoms with Gasteiger partial charge in [-0.3, -0.25) is 4.79 Å². The van der Waals surface area contributed by atoms with Crippen LogP contribution in [0.4, 0.5) is 0 Å². The molecule has 0 radical (unpaired) electrons. The van der Waals surface area contributed by atoms with Crippen LogP contribution < -0.4 is 5.32 Å². The Bertz CT molecular complexity index is 694. The summed E-state index contributed by atoms with van der Waals surface area (Å²) in [5.41, 5.74) is 1.81. The summed E-state index contributed by atoms with van der Waals surface area (Å²) < 4.78 is 5.89. The van der Waals surface area contributed by atoms with E-state index < -0.39 is 0 Å². The zero-order chi connectivity index (χ0) is 16.4. The van der Waals surface area contributed by atoms with Crippen molar-refractivity contribution in [3.05, 3.63) is 35.6 Å². The smallest absolute Gasteiger partial charge is 0.287 e. The lowest BCUT2D eigenvalue weighted by Crippen LogP contribution is -2.43. The Morgan fingerprint density at radius 2 is 2.09 bits per heavy atom. The zero-order valence-electron chi connectivity index (χ0n) is 14.1. The van der Waals surface area contributed by atoms with Gasteiger partial charge in [-0.05, 0) is 30.6 Å². The summed E-state index contributed by atoms with van der Waals surface area (Å²) in [4.78, 5) is 12.8. The van der Waals surface area contributed by atoms with Gasteiger partial charge < -0.3 is 9.73 Å². The third-order valence-corrected chi connectivity index (χ3v) is 5.79. The lowest BCUT2D eigenvalue weighted by Gasteiger charge is -2.34. The molecule has 3 atom stereocenters. The van der Waals surface area contributed by atoms with E-state index >= 15 is 0 Å². The fourth-order valence-corrected chi connectivity index (χ4v) is 4.16. The monoisotopic (exact) mass is 331 g/mol. The number of hydrogen-bond donors (Lipinski definition) is 1. The van der Waals surface area contributed by atoms with Crippen LogP contribution in [0.2, 0.25) is 0 Å². The number of amides is 1. The minimum Gasteiger partial charge on any atom is -0.451 e. The van der Waals surface area contributed by atoms with Crippen molar-refractivity contribution in [3.63, 3.8) is 0 Å². The first-order valence-corrected chi connectivity index (χ1v) is 9.81. The molecule has 124 valence electrons. The van der Waals surface area contributed by atoms with Crippen molar-refractivity contribution in [2.45, 2.75) is 44.9 Å². The molecule has 3 rings (SSSR count). The number of rotatable bonds is 4. The lowest BCUT2D eigenvalue weighted by molar-refractivity contribution is 0.0864. The summed E-state index contributed by atoms with van der Waals surface area (Å²) in [5.74, 6) is 2.40. The standard InChI is InChI=1S/C19H25NO2S/c1-12-7-6-9-16(13(12)2)20-19(21)18-15(11-23-3)14-8-4-5-10-17(14)22-18/h4-5,8,10,12-13,16H,6-7,9,11H2,1-3H3,(H,20,21). The van der Waals surface area contributed by atoms with Crippen LogP contribution in [0.5, 0.6) is 0 Å². The minimum absolute atomic E-state index is 0.0591. The maximum Gasteiger partial charge on any atom is 0.287 e. The SMILES string of the molecule is CSCc1c(C(=O)NC2CCCC(C)C2C)oc2ccccc12. The molecule has 23 heavy (non-hydrogen) atoms. The highest BCUT2D eigenvalue weighted by Gasteiger charge is 2.30. The van der Waals surface area contributed by atoms with Gasteiger partial charge in [0.1, 0.15) is 5.58 Å². The Morgan fingerprint density at radius 1 is 1.30 bits per heavy atom. The van der Waals surface area contributed by atoms with E-state index in [4.69, 9.17) is 4.42 Å². The maximum atomic E-state index is 12.8. The quantitative estimate of drug-likeness (QED) is 0.871. The molecule has 0 spiro atoms. The van der Waals surface area contributed by atoms with E-state index in [2.05, 4.69) is 19.2 Å². The van der Waals surface area contributed by atoms with E-state index in [9.17, 15) is 4.79 Å². The molecule has 1 aliphatic rings. The number of benzene rings is 1. The molecule has 1 aromatic carbocycles. The molecule has 2 aromatic rings. The zero-order valence-corrected chi connectivity index (χ0v) is 14.9. The van der Waals surface area contributed by atoms with Gasteiger partial charge in [-0.15, -0.1) is 0 Å². The molecule has 0 bridgehead atoms. The predicted molar refractivity (Wildman–Crippen MR) is 96.9 cm³/mol. The van der Waals surface area contributed by atoms with Gasteiger partial charge in [0.25, 0.3) is 5.91 Å². The number of nitrogens with one attached hydrogen (secondary N) is 1. The fraction of sp³-hybridized carbons (Fsp3) is 0.526. The van der Waals surface area contributed by atoms with Crippen molar-refractivity contribution < 1.29 is 9.21 Å². The minimum atomic E-state index is -0.0591. The molecule has 1 fully saturated rings. The Balaban J connectivity index is 1.87. The average molecular weight is 331 g/mol. The van der Waals surface area contributed by atoms with Crippen molar-refractivity contribution in [1.82, 2.24) is 5.32 Å². The Kier molecular flexibility index (Phi) is 5.00. The fourth-order valence-electron chi connectivity index (χ4n) is 3.59. The van der Waals surface area contributed by atoms with E-state index in [0.29, 0.717) is 17.6 Å². The van der Waals surface area contributed by atoms with Gasteiger partial charge in [0.05, 0.1) is 0 Å². The predicted octanol–water partition coefficient (Wildman–Crippen LogP) is 4.85. The van der Waals surface area contributed by atoms with Crippen LogP contribution in [0, 0.1) is 11.8 Å². The van der Waals surface area contributed by atoms with Crippen LogP contribution >= 0.6 is 11.8 Å². The summed E-state index contributed by atoms with van der Waals surface area (Å²) in [6.45, 7) is 4.53. The van der Waals surface area contributed by atoms with Crippen LogP contribution in [-0.4, -0.2) is 18.2 Å². The van der Waals surface area contributed by atoms with E-state index in [-0.39, 0.29) is 11.9 Å². The Labute approximate surface area is 142 Å². The van der Waals surface area contributed by atoms with Gasteiger partial charge in [-0.1, -0.05) is 44.9 Å². The number of fused-ring (bicyclic) bond motifs is 1. The van der Waals surface area contributed by atoms with Crippen LogP contribution in [0.15, 0.2) is 28.7 Å². The second-order valence-electron chi connectivity index (χ2n) is 6.69. The summed E-state index contributed by atoms with van der Waals surface area (Å²) in [6.07, 6.45) is 5.56. The summed E-state index contributed by atoms with van der Waals surface area (Å²) in [7, 11) is 0. The highest BCUT2D eigenvalue weighted by atomic mass is 32.2. The second kappa shape index (κ2) is 7.00. The van der Waals surface area contributed by atoms with Crippen molar-refractivity contribution in [1.29, 1.82) is 0 Å². The third-order valence-electron chi connectivity index (χ3n) is 5.22. The van der Waals surface area contributed by atoms with Gasteiger partial charge >= 0.3 is 0 Å². The van der Waals surface area contributed by atoms with E-state index in [0.717, 1.165) is 28.7 Å². The Morgan fingerprint density at radius 3 is 2.87 bits per heavy atom. The van der Waals surface area contributed by atoms with Crippen molar-refractivity contribution in [2.75, 3.05) is 6.26 Å². The second-order valence-corrected chi connectivity index (χ2v) is 7.55. The van der Waals surface area contributed by atoms with Crippen molar-refractivity contribution in [2.24, 2.45) is 11.8 Å². The summed E-state index contributed by atoms with van der Waals surface area (Å²) >= 11 is 1.71. The van der Waals surface area contributed by atoms with Crippen LogP contribution in [-0.2, 0) is 5.75 Å².